The van der Waals surface area contributed by atoms with Gasteiger partial charge in [0.25, 0.3) is 0 Å². The van der Waals surface area contributed by atoms with Crippen LogP contribution in [-0.4, -0.2) is 21.5 Å². The summed E-state index contributed by atoms with van der Waals surface area (Å²) in [6, 6.07) is 11.6. The van der Waals surface area contributed by atoms with Gasteiger partial charge in [0.1, 0.15) is 0 Å². The van der Waals surface area contributed by atoms with Crippen molar-refractivity contribution in [3.63, 3.8) is 0 Å². The van der Waals surface area contributed by atoms with Gasteiger partial charge in [0.2, 0.25) is 11.6 Å². The number of fused-ring (bicyclic) bond motifs is 2. The van der Waals surface area contributed by atoms with Gasteiger partial charge in [0.15, 0.2) is 0 Å². The van der Waals surface area contributed by atoms with Gasteiger partial charge >= 0.3 is 0 Å². The Kier molecular flexibility index (Phi) is 4.78. The fourth-order valence-electron chi connectivity index (χ4n) is 3.43. The molecule has 0 aliphatic heterocycles. The van der Waals surface area contributed by atoms with Crippen molar-refractivity contribution in [2.45, 2.75) is 19.3 Å². The summed E-state index contributed by atoms with van der Waals surface area (Å²) in [6.07, 6.45) is 3.70. The molecule has 4 aromatic rings. The molecular weight excluding hydrogens is 472 g/mol. The van der Waals surface area contributed by atoms with Crippen LogP contribution < -0.4 is 0 Å². The highest BCUT2D eigenvalue weighted by atomic mass is 79.9. The van der Waals surface area contributed by atoms with Gasteiger partial charge in [-0.15, -0.1) is 0 Å². The molecule has 4 nitrogen and oxygen atoms in total. The van der Waals surface area contributed by atoms with Crippen molar-refractivity contribution in [1.82, 2.24) is 9.97 Å². The van der Waals surface area contributed by atoms with E-state index in [1.165, 1.54) is 0 Å². The van der Waals surface area contributed by atoms with Crippen molar-refractivity contribution in [1.29, 1.82) is 0 Å². The third-order valence-electron chi connectivity index (χ3n) is 4.84. The highest BCUT2D eigenvalue weighted by Gasteiger charge is 2.23. The Bertz CT molecular complexity index is 1190. The normalized spacial score (nSPS) is 12.6. The lowest BCUT2D eigenvalue weighted by molar-refractivity contribution is -0.115. The van der Waals surface area contributed by atoms with Crippen molar-refractivity contribution < 1.29 is 9.59 Å². The minimum absolute atomic E-state index is 0.0681. The predicted octanol–water partition coefficient (Wildman–Crippen LogP) is 6.12. The number of aromatic amines is 2. The van der Waals surface area contributed by atoms with E-state index in [1.807, 2.05) is 49.5 Å². The zero-order valence-corrected chi connectivity index (χ0v) is 17.6. The number of carbonyl (C=O) groups is 2. The van der Waals surface area contributed by atoms with E-state index in [4.69, 9.17) is 0 Å². The molecule has 4 rings (SSSR count). The van der Waals surface area contributed by atoms with E-state index in [2.05, 4.69) is 41.8 Å². The summed E-state index contributed by atoms with van der Waals surface area (Å²) >= 11 is 6.90. The number of nitrogens with one attached hydrogen (secondary N) is 2. The lowest BCUT2D eigenvalue weighted by Crippen LogP contribution is -2.16. The zero-order valence-electron chi connectivity index (χ0n) is 14.5. The molecule has 2 heterocycles. The summed E-state index contributed by atoms with van der Waals surface area (Å²) < 4.78 is 1.85. The summed E-state index contributed by atoms with van der Waals surface area (Å²) in [4.78, 5) is 31.7. The van der Waals surface area contributed by atoms with E-state index >= 15 is 0 Å². The van der Waals surface area contributed by atoms with Gasteiger partial charge in [-0.25, -0.2) is 0 Å². The standard InChI is InChI=1S/C21H16Br2N2O2/c1-11(16-9-24-18-4-2-12(22)7-14(16)18)6-20(26)21(27)17-10-25-19-5-3-13(23)8-15(17)19/h2-5,7-11,24-25H,6H2,1H3. The third-order valence-corrected chi connectivity index (χ3v) is 5.83. The van der Waals surface area contributed by atoms with Gasteiger partial charge in [-0.05, 0) is 47.9 Å². The van der Waals surface area contributed by atoms with Crippen LogP contribution in [0.1, 0.15) is 35.2 Å². The van der Waals surface area contributed by atoms with Crippen LogP contribution in [0.4, 0.5) is 0 Å². The van der Waals surface area contributed by atoms with Crippen LogP contribution >= 0.6 is 31.9 Å². The maximum atomic E-state index is 12.8. The monoisotopic (exact) mass is 486 g/mol. The number of benzene rings is 2. The van der Waals surface area contributed by atoms with Gasteiger partial charge in [-0.2, -0.15) is 0 Å². The maximum Gasteiger partial charge on any atom is 0.230 e. The molecule has 27 heavy (non-hydrogen) atoms. The number of halogens is 2. The highest BCUT2D eigenvalue weighted by molar-refractivity contribution is 9.10. The smallest absolute Gasteiger partial charge is 0.230 e. The zero-order chi connectivity index (χ0) is 19.1. The van der Waals surface area contributed by atoms with E-state index in [1.54, 1.807) is 6.20 Å². The Morgan fingerprint density at radius 2 is 1.52 bits per heavy atom. The Balaban J connectivity index is 1.59. The second kappa shape index (κ2) is 7.09. The molecule has 0 fully saturated rings. The molecule has 2 aromatic heterocycles. The first-order chi connectivity index (χ1) is 12.9. The van der Waals surface area contributed by atoms with E-state index in [9.17, 15) is 9.59 Å². The SMILES string of the molecule is CC(CC(=O)C(=O)c1c[nH]c2ccc(Br)cc12)c1c[nH]c2ccc(Br)cc12. The first-order valence-corrected chi connectivity index (χ1v) is 10.1. The minimum atomic E-state index is -0.452. The van der Waals surface area contributed by atoms with E-state index in [-0.39, 0.29) is 18.1 Å². The third kappa shape index (κ3) is 3.39. The van der Waals surface area contributed by atoms with Crippen molar-refractivity contribution >= 4 is 65.2 Å². The van der Waals surface area contributed by atoms with Crippen molar-refractivity contribution in [2.24, 2.45) is 0 Å². The molecule has 1 unspecified atom stereocenters. The Labute approximate surface area is 172 Å². The molecule has 0 aliphatic rings. The second-order valence-corrected chi connectivity index (χ2v) is 8.52. The highest BCUT2D eigenvalue weighted by Crippen LogP contribution is 2.31. The summed E-state index contributed by atoms with van der Waals surface area (Å²) in [5.41, 5.74) is 3.31. The van der Waals surface area contributed by atoms with Gasteiger partial charge in [-0.1, -0.05) is 38.8 Å². The van der Waals surface area contributed by atoms with Crippen LogP contribution in [0.3, 0.4) is 0 Å². The van der Waals surface area contributed by atoms with Gasteiger partial charge < -0.3 is 9.97 Å². The molecule has 1 atom stereocenters. The molecular formula is C21H16Br2N2O2. The molecule has 0 aliphatic carbocycles. The molecule has 2 N–H and O–H groups in total. The van der Waals surface area contributed by atoms with Crippen molar-refractivity contribution in [2.75, 3.05) is 0 Å². The Morgan fingerprint density at radius 3 is 2.22 bits per heavy atom. The average molecular weight is 488 g/mol. The summed E-state index contributed by atoms with van der Waals surface area (Å²) in [5.74, 6) is -0.901. The number of hydrogen-bond donors (Lipinski definition) is 2. The fourth-order valence-corrected chi connectivity index (χ4v) is 4.16. The summed E-state index contributed by atoms with van der Waals surface area (Å²) in [7, 11) is 0. The van der Waals surface area contributed by atoms with E-state index in [0.717, 1.165) is 36.3 Å². The number of aromatic nitrogens is 2. The lowest BCUT2D eigenvalue weighted by atomic mass is 9.92. The second-order valence-electron chi connectivity index (χ2n) is 6.68. The van der Waals surface area contributed by atoms with E-state index < -0.39 is 5.78 Å². The number of rotatable bonds is 5. The molecule has 0 spiro atoms. The molecule has 0 bridgehead atoms. The minimum Gasteiger partial charge on any atom is -0.361 e. The number of hydrogen-bond acceptors (Lipinski definition) is 2. The van der Waals surface area contributed by atoms with Crippen LogP contribution in [-0.2, 0) is 4.79 Å². The molecule has 0 saturated carbocycles. The van der Waals surface area contributed by atoms with Crippen molar-refractivity contribution in [3.8, 4) is 0 Å². The molecule has 0 amide bonds. The van der Waals surface area contributed by atoms with Crippen LogP contribution in [0.15, 0.2) is 57.7 Å². The summed E-state index contributed by atoms with van der Waals surface area (Å²) in [5, 5.41) is 1.82. The first-order valence-electron chi connectivity index (χ1n) is 8.54. The number of Topliss-reactive ketones (excluding diaryl/α,β-unsaturated/α-hetero) is 2. The quantitative estimate of drug-likeness (QED) is 0.263. The maximum absolute atomic E-state index is 12.8. The topological polar surface area (TPSA) is 65.7 Å². The van der Waals surface area contributed by atoms with E-state index in [0.29, 0.717) is 5.56 Å². The average Bonchev–Trinajstić information content (AvgIpc) is 3.24. The van der Waals surface area contributed by atoms with Gasteiger partial charge in [0.05, 0.1) is 5.56 Å². The molecule has 136 valence electrons. The lowest BCUT2D eigenvalue weighted by Gasteiger charge is -2.09. The number of carbonyl (C=O) groups excluding carboxylic acids is 2. The molecule has 0 saturated heterocycles. The van der Waals surface area contributed by atoms with Gasteiger partial charge in [-0.3, -0.25) is 9.59 Å². The molecule has 6 heteroatoms. The Morgan fingerprint density at radius 1 is 0.926 bits per heavy atom. The number of H-pyrrole nitrogens is 2. The first kappa shape index (κ1) is 18.2. The van der Waals surface area contributed by atoms with Crippen LogP contribution in [0, 0.1) is 0 Å². The summed E-state index contributed by atoms with van der Waals surface area (Å²) in [6.45, 7) is 1.97. The van der Waals surface area contributed by atoms with Gasteiger partial charge in [0, 0.05) is 49.6 Å². The Hall–Kier alpha value is -2.18. The predicted molar refractivity (Wildman–Crippen MR) is 114 cm³/mol. The molecule has 2 aromatic carbocycles. The van der Waals surface area contributed by atoms with Crippen LogP contribution in [0.5, 0.6) is 0 Å². The largest absolute Gasteiger partial charge is 0.361 e. The van der Waals surface area contributed by atoms with Crippen LogP contribution in [0.25, 0.3) is 21.8 Å². The van der Waals surface area contributed by atoms with Crippen LogP contribution in [0.2, 0.25) is 0 Å². The fraction of sp³-hybridized carbons (Fsp3) is 0.143. The molecule has 0 radical (unpaired) electrons. The number of ketones is 2. The van der Waals surface area contributed by atoms with Crippen molar-refractivity contribution in [3.05, 3.63) is 68.9 Å².